The van der Waals surface area contributed by atoms with E-state index in [1.54, 1.807) is 0 Å². The van der Waals surface area contributed by atoms with E-state index in [1.807, 2.05) is 0 Å². The molecule has 0 fully saturated rings. The molecule has 0 heterocycles. The van der Waals surface area contributed by atoms with Crippen LogP contribution in [-0.4, -0.2) is 34.0 Å². The fourth-order valence-corrected chi connectivity index (χ4v) is 0.664. The van der Waals surface area contributed by atoms with Gasteiger partial charge in [-0.05, 0) is 13.3 Å². The zero-order chi connectivity index (χ0) is 10.6. The molecule has 0 rings (SSSR count). The monoisotopic (exact) mass is 196 g/mol. The number of Topliss-reactive ketones (excluding diaryl/α,β-unsaturated/α-hetero) is 1. The molecule has 76 valence electrons. The van der Waals surface area contributed by atoms with Gasteiger partial charge in [0.25, 0.3) is 0 Å². The Bertz CT molecular complexity index is 215. The van der Waals surface area contributed by atoms with Crippen molar-refractivity contribution < 1.29 is 28.6 Å². The first-order valence-corrected chi connectivity index (χ1v) is 3.57. The van der Waals surface area contributed by atoms with Gasteiger partial charge in [0.1, 0.15) is 11.9 Å². The van der Waals surface area contributed by atoms with Crippen molar-refractivity contribution in [3.63, 3.8) is 0 Å². The number of carboxylic acids is 1. The molecule has 0 saturated carbocycles. The first-order chi connectivity index (χ1) is 5.78. The van der Waals surface area contributed by atoms with Crippen LogP contribution in [0.1, 0.15) is 19.8 Å². The van der Waals surface area contributed by atoms with E-state index >= 15 is 0 Å². The molecule has 0 aromatic rings. The highest BCUT2D eigenvalue weighted by Crippen LogP contribution is 2.22. The summed E-state index contributed by atoms with van der Waals surface area (Å²) in [5.74, 6) is -6.95. The van der Waals surface area contributed by atoms with Crippen LogP contribution in [0.2, 0.25) is 0 Å². The number of hydrogen-bond donors (Lipinski definition) is 2. The highest BCUT2D eigenvalue weighted by atomic mass is 19.3. The first kappa shape index (κ1) is 12.0. The van der Waals surface area contributed by atoms with Crippen LogP contribution in [0.25, 0.3) is 0 Å². The summed E-state index contributed by atoms with van der Waals surface area (Å²) < 4.78 is 24.9. The Labute approximate surface area is 73.2 Å². The maximum atomic E-state index is 12.4. The third-order valence-corrected chi connectivity index (χ3v) is 1.47. The van der Waals surface area contributed by atoms with E-state index in [0.29, 0.717) is 0 Å². The number of aliphatic hydroxyl groups is 1. The van der Waals surface area contributed by atoms with Crippen molar-refractivity contribution in [1.29, 1.82) is 0 Å². The molecular weight excluding hydrogens is 186 g/mol. The summed E-state index contributed by atoms with van der Waals surface area (Å²) in [7, 11) is 0. The highest BCUT2D eigenvalue weighted by Gasteiger charge is 2.46. The fourth-order valence-electron chi connectivity index (χ4n) is 0.664. The number of rotatable bonds is 5. The van der Waals surface area contributed by atoms with Gasteiger partial charge in [-0.15, -0.1) is 0 Å². The summed E-state index contributed by atoms with van der Waals surface area (Å²) in [4.78, 5) is 20.3. The molecule has 0 aliphatic rings. The smallest absolute Gasteiger partial charge is 0.377 e. The number of aliphatic hydroxyl groups excluding tert-OH is 1. The Morgan fingerprint density at radius 2 is 1.92 bits per heavy atom. The minimum absolute atomic E-state index is 0.260. The van der Waals surface area contributed by atoms with E-state index in [1.165, 1.54) is 6.92 Å². The average Bonchev–Trinajstić information content (AvgIpc) is 1.99. The summed E-state index contributed by atoms with van der Waals surface area (Å²) >= 11 is 0. The number of alkyl halides is 2. The summed E-state index contributed by atoms with van der Waals surface area (Å²) in [6.45, 7) is 1.17. The zero-order valence-electron chi connectivity index (χ0n) is 6.96. The lowest BCUT2D eigenvalue weighted by molar-refractivity contribution is -0.182. The Kier molecular flexibility index (Phi) is 3.93. The average molecular weight is 196 g/mol. The van der Waals surface area contributed by atoms with Crippen LogP contribution in [0, 0.1) is 0 Å². The van der Waals surface area contributed by atoms with Gasteiger partial charge in [-0.25, -0.2) is 4.79 Å². The lowest BCUT2D eigenvalue weighted by Gasteiger charge is -2.17. The predicted octanol–water partition coefficient (Wildman–Crippen LogP) is 0.436. The molecule has 0 aliphatic heterocycles. The van der Waals surface area contributed by atoms with Gasteiger partial charge in [-0.3, -0.25) is 0 Å². The van der Waals surface area contributed by atoms with Gasteiger partial charge in [-0.2, -0.15) is 8.78 Å². The third kappa shape index (κ3) is 3.45. The van der Waals surface area contributed by atoms with Crippen molar-refractivity contribution >= 4 is 11.8 Å². The van der Waals surface area contributed by atoms with E-state index < -0.39 is 24.4 Å². The van der Waals surface area contributed by atoms with Crippen LogP contribution in [0.15, 0.2) is 0 Å². The summed E-state index contributed by atoms with van der Waals surface area (Å²) in [5, 5.41) is 16.7. The molecule has 1 atom stereocenters. The van der Waals surface area contributed by atoms with E-state index in [2.05, 4.69) is 0 Å². The van der Waals surface area contributed by atoms with Crippen LogP contribution >= 0.6 is 0 Å². The number of hydrogen-bond acceptors (Lipinski definition) is 3. The molecule has 0 aromatic heterocycles. The maximum absolute atomic E-state index is 12.4. The number of aliphatic carboxylic acids is 1. The molecule has 6 heteroatoms. The van der Waals surface area contributed by atoms with Crippen LogP contribution in [0.4, 0.5) is 8.78 Å². The van der Waals surface area contributed by atoms with Gasteiger partial charge in [0, 0.05) is 6.42 Å². The largest absolute Gasteiger partial charge is 0.477 e. The van der Waals surface area contributed by atoms with Crippen LogP contribution in [-0.2, 0) is 9.59 Å². The Morgan fingerprint density at radius 3 is 2.23 bits per heavy atom. The van der Waals surface area contributed by atoms with Crippen molar-refractivity contribution in [2.45, 2.75) is 31.8 Å². The van der Waals surface area contributed by atoms with Gasteiger partial charge in [-0.1, -0.05) is 0 Å². The van der Waals surface area contributed by atoms with E-state index in [0.717, 1.165) is 0 Å². The SMILES string of the molecule is CC(=O)CCC(O)C(F)(F)C(=O)O. The Balaban J connectivity index is 4.17. The van der Waals surface area contributed by atoms with Gasteiger partial charge in [0.15, 0.2) is 0 Å². The van der Waals surface area contributed by atoms with Crippen LogP contribution < -0.4 is 0 Å². The number of carbonyl (C=O) groups is 2. The molecule has 0 aliphatic carbocycles. The Morgan fingerprint density at radius 1 is 1.46 bits per heavy atom. The number of carbonyl (C=O) groups excluding carboxylic acids is 1. The summed E-state index contributed by atoms with van der Waals surface area (Å²) in [6, 6.07) is 0. The van der Waals surface area contributed by atoms with Crippen molar-refractivity contribution in [3.8, 4) is 0 Å². The van der Waals surface area contributed by atoms with Crippen molar-refractivity contribution in [2.75, 3.05) is 0 Å². The number of halogens is 2. The van der Waals surface area contributed by atoms with Gasteiger partial charge in [0.05, 0.1) is 0 Å². The van der Waals surface area contributed by atoms with E-state index in [-0.39, 0.29) is 12.2 Å². The van der Waals surface area contributed by atoms with E-state index in [4.69, 9.17) is 10.2 Å². The molecule has 2 N–H and O–H groups in total. The molecule has 0 saturated heterocycles. The maximum Gasteiger partial charge on any atom is 0.377 e. The zero-order valence-corrected chi connectivity index (χ0v) is 6.96. The normalized spacial score (nSPS) is 13.8. The molecular formula is C7H10F2O4. The van der Waals surface area contributed by atoms with Crippen molar-refractivity contribution in [1.82, 2.24) is 0 Å². The summed E-state index contributed by atoms with van der Waals surface area (Å²) in [5.41, 5.74) is 0. The number of carboxylic acid groups (broad SMARTS) is 1. The minimum atomic E-state index is -4.19. The molecule has 4 nitrogen and oxygen atoms in total. The third-order valence-electron chi connectivity index (χ3n) is 1.47. The van der Waals surface area contributed by atoms with E-state index in [9.17, 15) is 18.4 Å². The molecule has 13 heavy (non-hydrogen) atoms. The van der Waals surface area contributed by atoms with Crippen LogP contribution in [0.5, 0.6) is 0 Å². The summed E-state index contributed by atoms with van der Waals surface area (Å²) in [6.07, 6.45) is -3.12. The quantitative estimate of drug-likeness (QED) is 0.668. The highest BCUT2D eigenvalue weighted by molar-refractivity contribution is 5.77. The standard InChI is InChI=1S/C7H10F2O4/c1-4(10)2-3-5(11)7(8,9)6(12)13/h5,11H,2-3H2,1H3,(H,12,13). The minimum Gasteiger partial charge on any atom is -0.477 e. The van der Waals surface area contributed by atoms with Gasteiger partial charge >= 0.3 is 11.9 Å². The van der Waals surface area contributed by atoms with Gasteiger partial charge in [0.2, 0.25) is 0 Å². The molecule has 0 spiro atoms. The van der Waals surface area contributed by atoms with Gasteiger partial charge < -0.3 is 15.0 Å². The molecule has 1 unspecified atom stereocenters. The molecule has 0 amide bonds. The second-order valence-corrected chi connectivity index (χ2v) is 2.68. The predicted molar refractivity (Wildman–Crippen MR) is 38.5 cm³/mol. The lowest BCUT2D eigenvalue weighted by atomic mass is 10.1. The Hall–Kier alpha value is -1.04. The first-order valence-electron chi connectivity index (χ1n) is 3.57. The molecule has 0 bridgehead atoms. The molecule has 0 radical (unpaired) electrons. The lowest BCUT2D eigenvalue weighted by Crippen LogP contribution is -2.41. The van der Waals surface area contributed by atoms with Crippen LogP contribution in [0.3, 0.4) is 0 Å². The molecule has 0 aromatic carbocycles. The number of ketones is 1. The van der Waals surface area contributed by atoms with Crippen molar-refractivity contribution in [2.24, 2.45) is 0 Å². The van der Waals surface area contributed by atoms with Crippen molar-refractivity contribution in [3.05, 3.63) is 0 Å². The fraction of sp³-hybridized carbons (Fsp3) is 0.714. The second-order valence-electron chi connectivity index (χ2n) is 2.68. The topological polar surface area (TPSA) is 74.6 Å². The second kappa shape index (κ2) is 4.27.